The Morgan fingerprint density at radius 3 is 1.97 bits per heavy atom. The highest BCUT2D eigenvalue weighted by Crippen LogP contribution is 2.30. The molecule has 7 nitrogen and oxygen atoms in total. The van der Waals surface area contributed by atoms with E-state index in [2.05, 4.69) is 10.2 Å². The molecule has 2 aliphatic rings. The number of benzene rings is 2. The first-order chi connectivity index (χ1) is 15.5. The number of ether oxygens (including phenoxy) is 1. The van der Waals surface area contributed by atoms with E-state index in [4.69, 9.17) is 4.74 Å². The molecule has 0 aliphatic carbocycles. The molecule has 0 aromatic heterocycles. The smallest absolute Gasteiger partial charge is 0.321 e. The molecule has 9 heteroatoms. The van der Waals surface area contributed by atoms with Gasteiger partial charge in [0, 0.05) is 39.3 Å². The van der Waals surface area contributed by atoms with Crippen molar-refractivity contribution in [1.29, 1.82) is 0 Å². The third kappa shape index (κ3) is 5.23. The first kappa shape index (κ1) is 22.2. The van der Waals surface area contributed by atoms with Gasteiger partial charge in [-0.2, -0.15) is 0 Å². The van der Waals surface area contributed by atoms with Crippen LogP contribution in [-0.2, 0) is 9.53 Å². The Morgan fingerprint density at radius 2 is 1.41 bits per heavy atom. The maximum atomic E-state index is 13.5. The van der Waals surface area contributed by atoms with E-state index in [-0.39, 0.29) is 43.0 Å². The minimum absolute atomic E-state index is 0.0609. The fourth-order valence-electron chi connectivity index (χ4n) is 4.12. The second-order valence-corrected chi connectivity index (χ2v) is 7.90. The monoisotopic (exact) mass is 444 g/mol. The van der Waals surface area contributed by atoms with Gasteiger partial charge < -0.3 is 15.0 Å². The predicted octanol–water partition coefficient (Wildman–Crippen LogP) is 2.20. The van der Waals surface area contributed by atoms with Crippen LogP contribution in [0.15, 0.2) is 48.5 Å². The lowest BCUT2D eigenvalue weighted by molar-refractivity contribution is -0.128. The summed E-state index contributed by atoms with van der Waals surface area (Å²) in [6.07, 6.45) is 0. The summed E-state index contributed by atoms with van der Waals surface area (Å²) in [6.45, 7) is 3.05. The van der Waals surface area contributed by atoms with Crippen LogP contribution >= 0.6 is 0 Å². The highest BCUT2D eigenvalue weighted by molar-refractivity contribution is 5.78. The van der Waals surface area contributed by atoms with Gasteiger partial charge >= 0.3 is 6.03 Å². The maximum absolute atomic E-state index is 13.5. The van der Waals surface area contributed by atoms with Gasteiger partial charge in [0.1, 0.15) is 25.0 Å². The average molecular weight is 444 g/mol. The Hall–Kier alpha value is -3.04. The molecule has 0 bridgehead atoms. The van der Waals surface area contributed by atoms with E-state index in [1.54, 1.807) is 34.1 Å². The van der Waals surface area contributed by atoms with Crippen LogP contribution in [0.5, 0.6) is 0 Å². The van der Waals surface area contributed by atoms with E-state index >= 15 is 0 Å². The van der Waals surface area contributed by atoms with Crippen molar-refractivity contribution in [3.05, 3.63) is 71.3 Å². The van der Waals surface area contributed by atoms with Gasteiger partial charge in [-0.25, -0.2) is 13.6 Å². The van der Waals surface area contributed by atoms with Crippen molar-refractivity contribution in [3.8, 4) is 0 Å². The number of hydrogen-bond donors (Lipinski definition) is 1. The van der Waals surface area contributed by atoms with E-state index < -0.39 is 0 Å². The van der Waals surface area contributed by atoms with E-state index in [1.807, 2.05) is 0 Å². The molecule has 0 saturated carbocycles. The molecule has 2 heterocycles. The summed E-state index contributed by atoms with van der Waals surface area (Å²) in [5.74, 6) is -0.805. The van der Waals surface area contributed by atoms with Crippen molar-refractivity contribution in [2.75, 3.05) is 52.6 Å². The van der Waals surface area contributed by atoms with Crippen LogP contribution in [0.25, 0.3) is 0 Å². The van der Waals surface area contributed by atoms with Crippen LogP contribution in [-0.4, -0.2) is 79.2 Å². The second-order valence-electron chi connectivity index (χ2n) is 7.90. The summed E-state index contributed by atoms with van der Waals surface area (Å²) in [5.41, 5.74) is 1.82. The highest BCUT2D eigenvalue weighted by Gasteiger charge is 2.30. The highest BCUT2D eigenvalue weighted by atomic mass is 19.1. The fourth-order valence-corrected chi connectivity index (χ4v) is 4.12. The number of carbonyl (C=O) groups is 2. The number of hydrogen-bond acceptors (Lipinski definition) is 4. The molecule has 32 heavy (non-hydrogen) atoms. The van der Waals surface area contributed by atoms with Crippen molar-refractivity contribution >= 4 is 11.9 Å². The molecule has 0 radical (unpaired) electrons. The van der Waals surface area contributed by atoms with E-state index in [0.717, 1.165) is 11.1 Å². The largest absolute Gasteiger partial charge is 0.352 e. The summed E-state index contributed by atoms with van der Waals surface area (Å²) >= 11 is 0. The minimum Gasteiger partial charge on any atom is -0.352 e. The quantitative estimate of drug-likeness (QED) is 0.789. The molecular weight excluding hydrogens is 418 g/mol. The summed E-state index contributed by atoms with van der Waals surface area (Å²) in [5, 5.41) is 2.70. The van der Waals surface area contributed by atoms with E-state index in [1.165, 1.54) is 24.3 Å². The van der Waals surface area contributed by atoms with E-state index in [9.17, 15) is 18.4 Å². The number of rotatable bonds is 3. The first-order valence-corrected chi connectivity index (χ1v) is 10.6. The molecule has 2 aliphatic heterocycles. The van der Waals surface area contributed by atoms with Gasteiger partial charge in [-0.15, -0.1) is 0 Å². The zero-order valence-corrected chi connectivity index (χ0v) is 17.7. The summed E-state index contributed by atoms with van der Waals surface area (Å²) in [4.78, 5) is 29.9. The van der Waals surface area contributed by atoms with Crippen molar-refractivity contribution in [3.63, 3.8) is 0 Å². The van der Waals surface area contributed by atoms with Crippen LogP contribution in [0.3, 0.4) is 0 Å². The van der Waals surface area contributed by atoms with Crippen LogP contribution in [0.2, 0.25) is 0 Å². The average Bonchev–Trinajstić information content (AvgIpc) is 2.79. The van der Waals surface area contributed by atoms with Gasteiger partial charge in [0.05, 0.1) is 6.04 Å². The molecule has 0 atom stereocenters. The van der Waals surface area contributed by atoms with Gasteiger partial charge in [0.25, 0.3) is 0 Å². The Labute approximate surface area is 185 Å². The zero-order chi connectivity index (χ0) is 22.5. The second kappa shape index (κ2) is 10.1. The Bertz CT molecular complexity index is 874. The third-order valence-corrected chi connectivity index (χ3v) is 5.78. The Kier molecular flexibility index (Phi) is 6.96. The molecule has 170 valence electrons. The lowest BCUT2D eigenvalue weighted by atomic mass is 9.96. The minimum atomic E-state index is -0.311. The van der Waals surface area contributed by atoms with Gasteiger partial charge in [0.15, 0.2) is 0 Å². The predicted molar refractivity (Wildman–Crippen MR) is 114 cm³/mol. The number of nitrogens with one attached hydrogen (secondary N) is 1. The molecule has 2 aromatic carbocycles. The molecular formula is C23H26F2N4O3. The molecule has 3 amide bonds. The van der Waals surface area contributed by atoms with Crippen molar-refractivity contribution < 1.29 is 23.1 Å². The molecule has 1 N–H and O–H groups in total. The number of nitrogens with zero attached hydrogens (tertiary/aromatic N) is 3. The Balaban J connectivity index is 1.45. The van der Waals surface area contributed by atoms with Gasteiger partial charge in [0.2, 0.25) is 5.91 Å². The lowest BCUT2D eigenvalue weighted by Crippen LogP contribution is -2.55. The van der Waals surface area contributed by atoms with Gasteiger partial charge in [-0.05, 0) is 35.4 Å². The SMILES string of the molecule is O=C1COCN(C(=O)N2CCN(C(c3ccc(F)cc3)c3ccc(F)cc3)CC2)CCN1. The van der Waals surface area contributed by atoms with Crippen molar-refractivity contribution in [2.24, 2.45) is 0 Å². The standard InChI is InChI=1S/C23H26F2N4O3/c24-19-5-1-17(2-6-19)22(18-3-7-20(25)8-4-18)27-11-13-28(14-12-27)23(31)29-10-9-26-21(30)15-32-16-29/h1-8,22H,9-16H2,(H,26,30). The van der Waals surface area contributed by atoms with Crippen LogP contribution in [0, 0.1) is 11.6 Å². The Morgan fingerprint density at radius 1 is 0.844 bits per heavy atom. The van der Waals surface area contributed by atoms with Crippen molar-refractivity contribution in [2.45, 2.75) is 6.04 Å². The number of carbonyl (C=O) groups excluding carboxylic acids is 2. The first-order valence-electron chi connectivity index (χ1n) is 10.6. The van der Waals surface area contributed by atoms with Gasteiger partial charge in [-0.1, -0.05) is 24.3 Å². The zero-order valence-electron chi connectivity index (χ0n) is 17.7. The van der Waals surface area contributed by atoms with Crippen LogP contribution in [0.1, 0.15) is 17.2 Å². The molecule has 2 aromatic rings. The molecule has 2 fully saturated rings. The number of piperazine rings is 1. The molecule has 2 saturated heterocycles. The topological polar surface area (TPSA) is 65.1 Å². The van der Waals surface area contributed by atoms with E-state index in [0.29, 0.717) is 39.3 Å². The lowest BCUT2D eigenvalue weighted by Gasteiger charge is -2.41. The summed E-state index contributed by atoms with van der Waals surface area (Å²) in [6, 6.07) is 12.4. The molecule has 0 spiro atoms. The van der Waals surface area contributed by atoms with Crippen molar-refractivity contribution in [1.82, 2.24) is 20.0 Å². The maximum Gasteiger partial charge on any atom is 0.321 e. The molecule has 0 unspecified atom stereocenters. The summed E-state index contributed by atoms with van der Waals surface area (Å²) < 4.78 is 32.3. The third-order valence-electron chi connectivity index (χ3n) is 5.78. The van der Waals surface area contributed by atoms with Gasteiger partial charge in [-0.3, -0.25) is 14.6 Å². The normalized spacial score (nSPS) is 18.3. The number of amides is 3. The van der Waals surface area contributed by atoms with Crippen LogP contribution in [0.4, 0.5) is 13.6 Å². The summed E-state index contributed by atoms with van der Waals surface area (Å²) in [7, 11) is 0. The number of halogens is 2. The molecule has 4 rings (SSSR count). The van der Waals surface area contributed by atoms with Crippen LogP contribution < -0.4 is 5.32 Å². The fraction of sp³-hybridized carbons (Fsp3) is 0.391. The number of urea groups is 1.